The van der Waals surface area contributed by atoms with E-state index in [1.165, 1.54) is 15.5 Å². The lowest BCUT2D eigenvalue weighted by molar-refractivity contribution is 0.0777. The fourth-order valence-electron chi connectivity index (χ4n) is 1.41. The predicted molar refractivity (Wildman–Crippen MR) is 66.2 cm³/mol. The van der Waals surface area contributed by atoms with E-state index in [-0.39, 0.29) is 11.5 Å². The molecule has 84 valence electrons. The van der Waals surface area contributed by atoms with Crippen LogP contribution in [0.1, 0.15) is 25.6 Å². The minimum atomic E-state index is -0.537. The van der Waals surface area contributed by atoms with Gasteiger partial charge in [0.2, 0.25) is 5.91 Å². The van der Waals surface area contributed by atoms with Gasteiger partial charge in [0.25, 0.3) is 5.56 Å². The first kappa shape index (κ1) is 11.1. The third-order valence-electron chi connectivity index (χ3n) is 2.32. The molecule has 2 rings (SSSR count). The van der Waals surface area contributed by atoms with Gasteiger partial charge in [0, 0.05) is 5.41 Å². The van der Waals surface area contributed by atoms with Crippen LogP contribution in [0.4, 0.5) is 0 Å². The molecule has 0 amide bonds. The maximum Gasteiger partial charge on any atom is 0.275 e. The summed E-state index contributed by atoms with van der Waals surface area (Å²) >= 11 is 1.21. The summed E-state index contributed by atoms with van der Waals surface area (Å²) in [5.41, 5.74) is -0.745. The largest absolute Gasteiger partial charge is 0.275 e. The molecule has 1 aromatic carbocycles. The highest BCUT2D eigenvalue weighted by molar-refractivity contribution is 7.14. The Balaban J connectivity index is 2.68. The Morgan fingerprint density at radius 3 is 2.44 bits per heavy atom. The monoisotopic (exact) mass is 235 g/mol. The summed E-state index contributed by atoms with van der Waals surface area (Å²) < 4.78 is 2.11. The molecule has 3 nitrogen and oxygen atoms in total. The standard InChI is InChI=1S/C12H13NO2S/c1-12(2,3)11(15)13-10(14)8-6-4-5-7-9(8)16-13/h4-7H,1-3H3. The van der Waals surface area contributed by atoms with Gasteiger partial charge in [-0.2, -0.15) is 3.96 Å². The van der Waals surface area contributed by atoms with Crippen molar-refractivity contribution in [3.05, 3.63) is 34.6 Å². The van der Waals surface area contributed by atoms with Crippen LogP contribution in [0.3, 0.4) is 0 Å². The van der Waals surface area contributed by atoms with Crippen molar-refractivity contribution >= 4 is 27.5 Å². The van der Waals surface area contributed by atoms with E-state index in [0.717, 1.165) is 4.70 Å². The van der Waals surface area contributed by atoms with E-state index >= 15 is 0 Å². The quantitative estimate of drug-likeness (QED) is 0.704. The average Bonchev–Trinajstić information content (AvgIpc) is 2.54. The number of carbonyl (C=O) groups excluding carboxylic acids is 1. The van der Waals surface area contributed by atoms with E-state index in [9.17, 15) is 9.59 Å². The van der Waals surface area contributed by atoms with E-state index in [0.29, 0.717) is 5.39 Å². The zero-order valence-corrected chi connectivity index (χ0v) is 10.3. The maximum absolute atomic E-state index is 12.0. The topological polar surface area (TPSA) is 39.1 Å². The summed E-state index contributed by atoms with van der Waals surface area (Å²) in [6.45, 7) is 5.44. The molecule has 4 heteroatoms. The van der Waals surface area contributed by atoms with Gasteiger partial charge in [0.05, 0.1) is 10.1 Å². The van der Waals surface area contributed by atoms with Gasteiger partial charge in [-0.15, -0.1) is 0 Å². The predicted octanol–water partition coefficient (Wildman–Crippen LogP) is 2.75. The molecule has 0 aliphatic carbocycles. The Kier molecular flexibility index (Phi) is 2.46. The minimum absolute atomic E-state index is 0.154. The lowest BCUT2D eigenvalue weighted by Crippen LogP contribution is -2.31. The highest BCUT2D eigenvalue weighted by Gasteiger charge is 2.26. The number of hydrogen-bond donors (Lipinski definition) is 0. The molecule has 2 aromatic rings. The van der Waals surface area contributed by atoms with Crippen LogP contribution in [-0.2, 0) is 0 Å². The van der Waals surface area contributed by atoms with E-state index in [2.05, 4.69) is 0 Å². The average molecular weight is 235 g/mol. The number of carbonyl (C=O) groups is 1. The second-order valence-electron chi connectivity index (χ2n) is 4.74. The van der Waals surface area contributed by atoms with Crippen molar-refractivity contribution in [2.24, 2.45) is 5.41 Å². The number of aromatic nitrogens is 1. The number of fused-ring (bicyclic) bond motifs is 1. The van der Waals surface area contributed by atoms with Gasteiger partial charge in [-0.3, -0.25) is 9.59 Å². The molecule has 0 aliphatic rings. The summed E-state index contributed by atoms with van der Waals surface area (Å²) in [5.74, 6) is -0.154. The maximum atomic E-state index is 12.0. The van der Waals surface area contributed by atoms with Crippen LogP contribution < -0.4 is 5.56 Å². The smallest absolute Gasteiger partial charge is 0.273 e. The molecule has 0 saturated heterocycles. The molecular formula is C12H13NO2S. The lowest BCUT2D eigenvalue weighted by Gasteiger charge is -2.15. The van der Waals surface area contributed by atoms with Gasteiger partial charge >= 0.3 is 0 Å². The van der Waals surface area contributed by atoms with Crippen molar-refractivity contribution in [2.75, 3.05) is 0 Å². The van der Waals surface area contributed by atoms with E-state index in [1.807, 2.05) is 39.0 Å². The molecule has 0 bridgehead atoms. The van der Waals surface area contributed by atoms with Gasteiger partial charge in [-0.25, -0.2) is 0 Å². The van der Waals surface area contributed by atoms with Gasteiger partial charge in [-0.05, 0) is 23.7 Å². The Labute approximate surface area is 97.5 Å². The number of nitrogens with zero attached hydrogens (tertiary/aromatic N) is 1. The van der Waals surface area contributed by atoms with Gasteiger partial charge in [0.15, 0.2) is 0 Å². The first-order valence-electron chi connectivity index (χ1n) is 5.07. The molecule has 0 N–H and O–H groups in total. The summed E-state index contributed by atoms with van der Waals surface area (Å²) in [5, 5.41) is 0.616. The highest BCUT2D eigenvalue weighted by Crippen LogP contribution is 2.21. The molecule has 0 spiro atoms. The normalized spacial score (nSPS) is 11.9. The van der Waals surface area contributed by atoms with Gasteiger partial charge in [0.1, 0.15) is 0 Å². The van der Waals surface area contributed by atoms with Crippen LogP contribution in [0, 0.1) is 5.41 Å². The zero-order chi connectivity index (χ0) is 11.9. The molecule has 0 unspecified atom stereocenters. The Bertz CT molecular complexity index is 601. The summed E-state index contributed by atoms with van der Waals surface area (Å²) in [7, 11) is 0. The van der Waals surface area contributed by atoms with E-state index in [1.54, 1.807) is 6.07 Å². The molecule has 1 heterocycles. The first-order chi connectivity index (χ1) is 7.41. The van der Waals surface area contributed by atoms with Crippen LogP contribution in [0.25, 0.3) is 10.1 Å². The molecule has 0 saturated carbocycles. The second-order valence-corrected chi connectivity index (χ2v) is 5.73. The number of benzene rings is 1. The fourth-order valence-corrected chi connectivity index (χ4v) is 2.54. The van der Waals surface area contributed by atoms with Crippen molar-refractivity contribution in [1.82, 2.24) is 3.96 Å². The first-order valence-corrected chi connectivity index (χ1v) is 5.84. The van der Waals surface area contributed by atoms with Crippen LogP contribution >= 0.6 is 11.5 Å². The summed E-state index contributed by atoms with van der Waals surface area (Å²) in [6.07, 6.45) is 0. The van der Waals surface area contributed by atoms with E-state index in [4.69, 9.17) is 0 Å². The van der Waals surface area contributed by atoms with E-state index < -0.39 is 5.41 Å². The van der Waals surface area contributed by atoms with Crippen molar-refractivity contribution < 1.29 is 4.79 Å². The SMILES string of the molecule is CC(C)(C)C(=O)n1sc2ccccc2c1=O. The Morgan fingerprint density at radius 2 is 1.88 bits per heavy atom. The third kappa shape index (κ3) is 1.69. The molecule has 0 fully saturated rings. The van der Waals surface area contributed by atoms with Gasteiger partial charge in [-0.1, -0.05) is 32.9 Å². The lowest BCUT2D eigenvalue weighted by atomic mass is 9.96. The highest BCUT2D eigenvalue weighted by atomic mass is 32.1. The molecule has 1 aromatic heterocycles. The molecule has 0 atom stereocenters. The summed E-state index contributed by atoms with van der Waals surface area (Å²) in [6, 6.07) is 7.28. The summed E-state index contributed by atoms with van der Waals surface area (Å²) in [4.78, 5) is 24.0. The second kappa shape index (κ2) is 3.56. The molecular weight excluding hydrogens is 222 g/mol. The van der Waals surface area contributed by atoms with Crippen LogP contribution in [0.2, 0.25) is 0 Å². The van der Waals surface area contributed by atoms with Crippen molar-refractivity contribution in [3.63, 3.8) is 0 Å². The number of hydrogen-bond acceptors (Lipinski definition) is 3. The zero-order valence-electron chi connectivity index (χ0n) is 9.48. The molecule has 0 aliphatic heterocycles. The number of rotatable bonds is 0. The molecule has 16 heavy (non-hydrogen) atoms. The van der Waals surface area contributed by atoms with Gasteiger partial charge < -0.3 is 0 Å². The van der Waals surface area contributed by atoms with Crippen molar-refractivity contribution in [3.8, 4) is 0 Å². The Hall–Kier alpha value is -1.42. The van der Waals surface area contributed by atoms with Crippen molar-refractivity contribution in [1.29, 1.82) is 0 Å². The molecule has 0 radical (unpaired) electrons. The third-order valence-corrected chi connectivity index (χ3v) is 3.38. The Morgan fingerprint density at radius 1 is 1.25 bits per heavy atom. The fraction of sp³-hybridized carbons (Fsp3) is 0.333. The minimum Gasteiger partial charge on any atom is -0.273 e. The van der Waals surface area contributed by atoms with Crippen LogP contribution in [-0.4, -0.2) is 9.86 Å². The van der Waals surface area contributed by atoms with Crippen LogP contribution in [0.5, 0.6) is 0 Å². The van der Waals surface area contributed by atoms with Crippen molar-refractivity contribution in [2.45, 2.75) is 20.8 Å². The van der Waals surface area contributed by atoms with Crippen LogP contribution in [0.15, 0.2) is 29.1 Å².